The van der Waals surface area contributed by atoms with Gasteiger partial charge in [-0.25, -0.2) is 0 Å². The van der Waals surface area contributed by atoms with Gasteiger partial charge in [-0.05, 0) is 77.0 Å². The van der Waals surface area contributed by atoms with E-state index in [0.29, 0.717) is 12.8 Å². The standard InChI is InChI=1S/C59H101NO10/c1-4-7-10-13-16-19-22-25-28-31-34-37-40-43-46-52(63)58(67)60-50(51(62)45-42-39-36-33-30-27-24-21-18-15-12-9-6-3)49-68-59-57(56(66)55(65)53(48-61)69-59)70-54(64)47-44-41-38-35-32-29-26-23-20-17-14-11-8-5-2/h7-8,10-11,13,16-17,19-20,22,26,29,42,45,50-53,55-57,59,61-63,65-66H,4-6,9,12,14-15,18,21,23-25,27-28,30-41,43-44,46-49H2,1-3H3,(H,60,67)/b10-7+,11-8+,16-13+,20-17+,22-19+,29-26+,45-42+. The van der Waals surface area contributed by atoms with E-state index in [-0.39, 0.29) is 19.4 Å². The zero-order valence-electron chi connectivity index (χ0n) is 44.1. The van der Waals surface area contributed by atoms with Gasteiger partial charge in [-0.2, -0.15) is 0 Å². The highest BCUT2D eigenvalue weighted by Gasteiger charge is 2.47. The van der Waals surface area contributed by atoms with Crippen LogP contribution < -0.4 is 5.32 Å². The number of hydrogen-bond acceptors (Lipinski definition) is 10. The smallest absolute Gasteiger partial charge is 0.306 e. The second-order valence-corrected chi connectivity index (χ2v) is 19.0. The average molecular weight is 984 g/mol. The minimum absolute atomic E-state index is 0.0923. The number of esters is 1. The van der Waals surface area contributed by atoms with Crippen LogP contribution >= 0.6 is 0 Å². The quantitative estimate of drug-likeness (QED) is 0.0149. The molecule has 0 aromatic carbocycles. The van der Waals surface area contributed by atoms with Crippen LogP contribution in [0.1, 0.15) is 213 Å². The van der Waals surface area contributed by atoms with Crippen molar-refractivity contribution in [2.45, 2.75) is 262 Å². The van der Waals surface area contributed by atoms with Crippen molar-refractivity contribution in [2.24, 2.45) is 0 Å². The van der Waals surface area contributed by atoms with Gasteiger partial charge in [-0.1, -0.05) is 215 Å². The molecule has 402 valence electrons. The first-order chi connectivity index (χ1) is 34.2. The van der Waals surface area contributed by atoms with Crippen LogP contribution in [-0.4, -0.2) is 99.6 Å². The van der Waals surface area contributed by atoms with Crippen LogP contribution in [-0.2, 0) is 23.8 Å². The van der Waals surface area contributed by atoms with Crippen molar-refractivity contribution in [1.82, 2.24) is 5.32 Å². The van der Waals surface area contributed by atoms with Crippen LogP contribution in [0.5, 0.6) is 0 Å². The molecule has 11 heteroatoms. The minimum Gasteiger partial charge on any atom is -0.454 e. The Hall–Kier alpha value is -3.16. The highest BCUT2D eigenvalue weighted by Crippen LogP contribution is 2.26. The number of aliphatic hydroxyl groups excluding tert-OH is 5. The summed E-state index contributed by atoms with van der Waals surface area (Å²) in [4.78, 5) is 26.4. The van der Waals surface area contributed by atoms with E-state index in [0.717, 1.165) is 109 Å². The third-order valence-electron chi connectivity index (χ3n) is 12.6. The Labute approximate surface area is 425 Å². The number of unbranched alkanes of at least 4 members (excludes halogenated alkanes) is 21. The summed E-state index contributed by atoms with van der Waals surface area (Å²) >= 11 is 0. The summed E-state index contributed by atoms with van der Waals surface area (Å²) in [5.74, 6) is -1.24. The second-order valence-electron chi connectivity index (χ2n) is 19.0. The average Bonchev–Trinajstić information content (AvgIpc) is 3.36. The largest absolute Gasteiger partial charge is 0.454 e. The highest BCUT2D eigenvalue weighted by molar-refractivity contribution is 5.80. The molecule has 1 heterocycles. The summed E-state index contributed by atoms with van der Waals surface area (Å²) in [6.45, 7) is 5.50. The Morgan fingerprint density at radius 3 is 1.70 bits per heavy atom. The van der Waals surface area contributed by atoms with E-state index in [1.54, 1.807) is 6.08 Å². The fraction of sp³-hybridized carbons (Fsp3) is 0.729. The van der Waals surface area contributed by atoms with E-state index in [1.165, 1.54) is 57.8 Å². The number of nitrogens with one attached hydrogen (secondary N) is 1. The summed E-state index contributed by atoms with van der Waals surface area (Å²) in [6.07, 6.45) is 49.1. The lowest BCUT2D eigenvalue weighted by molar-refractivity contribution is -0.305. The Morgan fingerprint density at radius 1 is 0.586 bits per heavy atom. The molecule has 1 rings (SSSR count). The maximum absolute atomic E-state index is 13.4. The molecule has 1 aliphatic rings. The van der Waals surface area contributed by atoms with E-state index < -0.39 is 67.4 Å². The minimum atomic E-state index is -1.63. The molecule has 0 saturated carbocycles. The third kappa shape index (κ3) is 35.0. The van der Waals surface area contributed by atoms with Crippen LogP contribution in [0, 0.1) is 0 Å². The van der Waals surface area contributed by atoms with Crippen LogP contribution in [0.4, 0.5) is 0 Å². The summed E-state index contributed by atoms with van der Waals surface area (Å²) in [5.41, 5.74) is 0. The van der Waals surface area contributed by atoms with Crippen molar-refractivity contribution in [3.63, 3.8) is 0 Å². The molecular weight excluding hydrogens is 883 g/mol. The molecule has 1 aliphatic heterocycles. The van der Waals surface area contributed by atoms with Gasteiger partial charge in [0, 0.05) is 6.42 Å². The molecule has 8 unspecified atom stereocenters. The van der Waals surface area contributed by atoms with Crippen molar-refractivity contribution >= 4 is 11.9 Å². The number of allylic oxidation sites excluding steroid dienone is 13. The topological polar surface area (TPSA) is 175 Å². The molecular formula is C59H101NO10. The number of amides is 1. The number of hydrogen-bond donors (Lipinski definition) is 6. The summed E-state index contributed by atoms with van der Waals surface area (Å²) in [7, 11) is 0. The summed E-state index contributed by atoms with van der Waals surface area (Å²) in [6, 6.07) is -1.04. The van der Waals surface area contributed by atoms with E-state index >= 15 is 0 Å². The summed E-state index contributed by atoms with van der Waals surface area (Å²) < 4.78 is 17.5. The van der Waals surface area contributed by atoms with Crippen molar-refractivity contribution in [3.8, 4) is 0 Å². The molecule has 0 aliphatic carbocycles. The molecule has 11 nitrogen and oxygen atoms in total. The van der Waals surface area contributed by atoms with Gasteiger partial charge in [0.05, 0.1) is 25.4 Å². The van der Waals surface area contributed by atoms with Gasteiger partial charge in [0.15, 0.2) is 12.4 Å². The lowest BCUT2D eigenvalue weighted by Crippen LogP contribution is -2.61. The number of aliphatic hydroxyl groups is 5. The molecule has 0 radical (unpaired) electrons. The molecule has 1 saturated heterocycles. The SMILES string of the molecule is CC/C=C/C=C/C=C/CCCCCCCCC(O)C(=O)NC(COC1OC(CO)C(O)C(O)C1OC(=O)CCCCCC/C=C/C/C=C/C/C=C/CC)C(O)/C=C/CCCCCCCCCCCCC. The Kier molecular flexibility index (Phi) is 43.4. The molecule has 1 fully saturated rings. The van der Waals surface area contributed by atoms with Crippen LogP contribution in [0.25, 0.3) is 0 Å². The van der Waals surface area contributed by atoms with Gasteiger partial charge < -0.3 is 45.1 Å². The van der Waals surface area contributed by atoms with Crippen molar-refractivity contribution in [3.05, 3.63) is 85.1 Å². The molecule has 0 bridgehead atoms. The van der Waals surface area contributed by atoms with Crippen molar-refractivity contribution in [2.75, 3.05) is 13.2 Å². The predicted molar refractivity (Wildman–Crippen MR) is 287 cm³/mol. The lowest BCUT2D eigenvalue weighted by Gasteiger charge is -2.41. The van der Waals surface area contributed by atoms with Crippen molar-refractivity contribution < 1.29 is 49.3 Å². The number of rotatable bonds is 45. The fourth-order valence-electron chi connectivity index (χ4n) is 8.19. The van der Waals surface area contributed by atoms with E-state index in [1.807, 2.05) is 18.2 Å². The Balaban J connectivity index is 2.78. The van der Waals surface area contributed by atoms with Crippen LogP contribution in [0.2, 0.25) is 0 Å². The molecule has 0 spiro atoms. The van der Waals surface area contributed by atoms with E-state index in [2.05, 4.69) is 86.8 Å². The van der Waals surface area contributed by atoms with Crippen molar-refractivity contribution in [1.29, 1.82) is 0 Å². The molecule has 8 atom stereocenters. The van der Waals surface area contributed by atoms with E-state index in [4.69, 9.17) is 14.2 Å². The predicted octanol–water partition coefficient (Wildman–Crippen LogP) is 12.2. The maximum Gasteiger partial charge on any atom is 0.306 e. The monoisotopic (exact) mass is 984 g/mol. The normalized spacial score (nSPS) is 20.4. The Bertz CT molecular complexity index is 1460. The van der Waals surface area contributed by atoms with Gasteiger partial charge in [0.1, 0.15) is 24.4 Å². The summed E-state index contributed by atoms with van der Waals surface area (Å²) in [5, 5.41) is 56.7. The Morgan fingerprint density at radius 2 is 1.10 bits per heavy atom. The number of ether oxygens (including phenoxy) is 3. The van der Waals surface area contributed by atoms with E-state index in [9.17, 15) is 35.1 Å². The van der Waals surface area contributed by atoms with Gasteiger partial charge in [-0.15, -0.1) is 0 Å². The zero-order chi connectivity index (χ0) is 51.1. The van der Waals surface area contributed by atoms with Gasteiger partial charge in [0.25, 0.3) is 0 Å². The third-order valence-corrected chi connectivity index (χ3v) is 12.6. The van der Waals surface area contributed by atoms with Gasteiger partial charge in [-0.3, -0.25) is 9.59 Å². The molecule has 70 heavy (non-hydrogen) atoms. The maximum atomic E-state index is 13.4. The first-order valence-electron chi connectivity index (χ1n) is 27.9. The number of carbonyl (C=O) groups is 2. The first kappa shape index (κ1) is 64.9. The number of carbonyl (C=O) groups excluding carboxylic acids is 2. The second kappa shape index (κ2) is 46.9. The molecule has 0 aromatic rings. The van der Waals surface area contributed by atoms with Crippen LogP contribution in [0.15, 0.2) is 85.1 Å². The molecule has 6 N–H and O–H groups in total. The molecule has 0 aromatic heterocycles. The fourth-order valence-corrected chi connectivity index (χ4v) is 8.19. The first-order valence-corrected chi connectivity index (χ1v) is 27.9. The van der Waals surface area contributed by atoms with Gasteiger partial charge in [0.2, 0.25) is 5.91 Å². The zero-order valence-corrected chi connectivity index (χ0v) is 44.1. The van der Waals surface area contributed by atoms with Crippen LogP contribution in [0.3, 0.4) is 0 Å². The van der Waals surface area contributed by atoms with Gasteiger partial charge >= 0.3 is 5.97 Å². The lowest BCUT2D eigenvalue weighted by atomic mass is 9.99. The highest BCUT2D eigenvalue weighted by atomic mass is 16.7. The molecule has 1 amide bonds.